The fourth-order valence-corrected chi connectivity index (χ4v) is 3.75. The number of nitrogens with zero attached hydrogens (tertiary/aromatic N) is 2. The van der Waals surface area contributed by atoms with Gasteiger partial charge in [-0.05, 0) is 48.2 Å². The maximum absolute atomic E-state index is 10.4. The van der Waals surface area contributed by atoms with Gasteiger partial charge in [0, 0.05) is 43.4 Å². The molecule has 2 aromatic carbocycles. The summed E-state index contributed by atoms with van der Waals surface area (Å²) in [6.45, 7) is 11.1. The minimum atomic E-state index is -0.496. The molecule has 3 rings (SSSR count). The van der Waals surface area contributed by atoms with Gasteiger partial charge in [-0.2, -0.15) is 0 Å². The molecule has 0 aromatic heterocycles. The Morgan fingerprint density at radius 2 is 1.63 bits per heavy atom. The first-order valence-corrected chi connectivity index (χ1v) is 10.4. The highest BCUT2D eigenvalue weighted by molar-refractivity contribution is 6.30. The average molecular weight is 476 g/mol. The summed E-state index contributed by atoms with van der Waals surface area (Å²) < 4.78 is 5.76. The van der Waals surface area contributed by atoms with E-state index in [0.717, 1.165) is 37.0 Å². The Kier molecular flexibility index (Phi) is 11.3. The predicted octanol–water partition coefficient (Wildman–Crippen LogP) is 5.18. The van der Waals surface area contributed by atoms with Crippen LogP contribution in [0.5, 0.6) is 5.75 Å². The van der Waals surface area contributed by atoms with Crippen molar-refractivity contribution in [3.8, 4) is 5.75 Å². The second-order valence-corrected chi connectivity index (χ2v) is 8.34. The van der Waals surface area contributed by atoms with Crippen molar-refractivity contribution in [3.05, 3.63) is 58.6 Å². The third kappa shape index (κ3) is 7.51. The lowest BCUT2D eigenvalue weighted by Crippen LogP contribution is -2.49. The van der Waals surface area contributed by atoms with E-state index in [1.54, 1.807) is 0 Å². The molecule has 1 atom stereocenters. The second-order valence-electron chi connectivity index (χ2n) is 7.91. The number of anilines is 1. The zero-order valence-corrected chi connectivity index (χ0v) is 20.3. The molecule has 1 saturated heterocycles. The van der Waals surface area contributed by atoms with E-state index in [9.17, 15) is 5.11 Å². The first-order chi connectivity index (χ1) is 13.4. The van der Waals surface area contributed by atoms with Crippen LogP contribution in [0.15, 0.2) is 42.5 Å². The Morgan fingerprint density at radius 1 is 1.00 bits per heavy atom. The highest BCUT2D eigenvalue weighted by atomic mass is 35.5. The summed E-state index contributed by atoms with van der Waals surface area (Å²) >= 11 is 6.16. The van der Waals surface area contributed by atoms with Crippen LogP contribution in [0.1, 0.15) is 30.9 Å². The fraction of sp³-hybridized carbons (Fsp3) is 0.478. The lowest BCUT2D eigenvalue weighted by Gasteiger charge is -2.37. The average Bonchev–Trinajstić information content (AvgIpc) is 2.69. The number of aliphatic hydroxyl groups excluding tert-OH is 1. The first-order valence-electron chi connectivity index (χ1n) is 10.1. The number of benzene rings is 2. The lowest BCUT2D eigenvalue weighted by atomic mass is 10.0. The maximum Gasteiger partial charge on any atom is 0.119 e. The SMILES string of the molecule is Cc1ccc(Cl)cc1N1CCN(CC(O)COc2ccc(C(C)C)cc2)CC1.Cl.Cl. The summed E-state index contributed by atoms with van der Waals surface area (Å²) in [5.74, 6) is 1.32. The van der Waals surface area contributed by atoms with E-state index in [4.69, 9.17) is 16.3 Å². The van der Waals surface area contributed by atoms with Gasteiger partial charge < -0.3 is 14.7 Å². The van der Waals surface area contributed by atoms with Crippen LogP contribution in [-0.2, 0) is 0 Å². The van der Waals surface area contributed by atoms with E-state index in [1.807, 2.05) is 24.3 Å². The number of aryl methyl sites for hydroxylation is 1. The van der Waals surface area contributed by atoms with E-state index < -0.39 is 6.10 Å². The monoisotopic (exact) mass is 474 g/mol. The van der Waals surface area contributed by atoms with Crippen molar-refractivity contribution < 1.29 is 9.84 Å². The molecule has 1 fully saturated rings. The number of rotatable bonds is 7. The molecule has 168 valence electrons. The molecule has 1 N–H and O–H groups in total. The minimum Gasteiger partial charge on any atom is -0.491 e. The highest BCUT2D eigenvalue weighted by Gasteiger charge is 2.21. The van der Waals surface area contributed by atoms with Crippen molar-refractivity contribution in [2.75, 3.05) is 44.2 Å². The fourth-order valence-electron chi connectivity index (χ4n) is 3.59. The van der Waals surface area contributed by atoms with Gasteiger partial charge >= 0.3 is 0 Å². The van der Waals surface area contributed by atoms with E-state index in [-0.39, 0.29) is 24.8 Å². The van der Waals surface area contributed by atoms with E-state index in [1.165, 1.54) is 16.8 Å². The van der Waals surface area contributed by atoms with Crippen molar-refractivity contribution in [1.82, 2.24) is 4.90 Å². The summed E-state index contributed by atoms with van der Waals surface area (Å²) in [6.07, 6.45) is -0.496. The van der Waals surface area contributed by atoms with Gasteiger partial charge in [-0.1, -0.05) is 43.6 Å². The van der Waals surface area contributed by atoms with Crippen molar-refractivity contribution in [3.63, 3.8) is 0 Å². The van der Waals surface area contributed by atoms with Crippen molar-refractivity contribution in [2.24, 2.45) is 0 Å². The van der Waals surface area contributed by atoms with Gasteiger partial charge in [0.05, 0.1) is 0 Å². The molecule has 2 aromatic rings. The standard InChI is InChI=1S/C23H31ClN2O2.2ClH/c1-17(2)19-5-8-22(9-6-19)28-16-21(27)15-25-10-12-26(13-11-25)23-14-20(24)7-4-18(23)3;;/h4-9,14,17,21,27H,10-13,15-16H2,1-3H3;2*1H. The molecule has 1 unspecified atom stereocenters. The largest absolute Gasteiger partial charge is 0.491 e. The lowest BCUT2D eigenvalue weighted by molar-refractivity contribution is 0.0663. The quantitative estimate of drug-likeness (QED) is 0.599. The summed E-state index contributed by atoms with van der Waals surface area (Å²) in [5.41, 5.74) is 3.75. The number of aliphatic hydroxyl groups is 1. The van der Waals surface area contributed by atoms with Crippen LogP contribution in [-0.4, -0.2) is 55.4 Å². The van der Waals surface area contributed by atoms with Crippen LogP contribution >= 0.6 is 36.4 Å². The van der Waals surface area contributed by atoms with E-state index >= 15 is 0 Å². The molecule has 4 nitrogen and oxygen atoms in total. The molecule has 1 aliphatic heterocycles. The molecule has 7 heteroatoms. The van der Waals surface area contributed by atoms with Gasteiger partial charge in [0.1, 0.15) is 18.5 Å². The Morgan fingerprint density at radius 3 is 2.23 bits per heavy atom. The maximum atomic E-state index is 10.4. The molecule has 30 heavy (non-hydrogen) atoms. The molecule has 0 spiro atoms. The topological polar surface area (TPSA) is 35.9 Å². The number of hydrogen-bond donors (Lipinski definition) is 1. The molecule has 0 aliphatic carbocycles. The Hall–Kier alpha value is -1.17. The van der Waals surface area contributed by atoms with Gasteiger partial charge in [-0.25, -0.2) is 0 Å². The van der Waals surface area contributed by atoms with Gasteiger partial charge in [-0.15, -0.1) is 24.8 Å². The number of β-amino-alcohol motifs (C(OH)–C–C–N with tert-alkyl or cyclic N) is 1. The molecule has 1 aliphatic rings. The molecule has 0 radical (unpaired) electrons. The molecular formula is C23H33Cl3N2O2. The Bertz CT molecular complexity index is 764. The summed E-state index contributed by atoms with van der Waals surface area (Å²) in [6, 6.07) is 14.2. The summed E-state index contributed by atoms with van der Waals surface area (Å²) in [7, 11) is 0. The number of piperazine rings is 1. The van der Waals surface area contributed by atoms with E-state index in [0.29, 0.717) is 19.1 Å². The third-order valence-electron chi connectivity index (χ3n) is 5.34. The van der Waals surface area contributed by atoms with E-state index in [2.05, 4.69) is 48.8 Å². The number of ether oxygens (including phenoxy) is 1. The second kappa shape index (κ2) is 12.6. The minimum absolute atomic E-state index is 0. The van der Waals surface area contributed by atoms with Crippen LogP contribution in [0.3, 0.4) is 0 Å². The molecule has 0 bridgehead atoms. The number of hydrogen-bond acceptors (Lipinski definition) is 4. The van der Waals surface area contributed by atoms with Crippen LogP contribution < -0.4 is 9.64 Å². The van der Waals surface area contributed by atoms with Gasteiger partial charge in [-0.3, -0.25) is 4.90 Å². The Balaban J connectivity index is 0.00000225. The van der Waals surface area contributed by atoms with Crippen molar-refractivity contribution >= 4 is 42.1 Å². The Labute approximate surface area is 198 Å². The number of halogens is 3. The van der Waals surface area contributed by atoms with Crippen LogP contribution in [0.2, 0.25) is 5.02 Å². The molecular weight excluding hydrogens is 443 g/mol. The normalized spacial score (nSPS) is 15.3. The molecule has 0 saturated carbocycles. The smallest absolute Gasteiger partial charge is 0.119 e. The highest BCUT2D eigenvalue weighted by Crippen LogP contribution is 2.25. The zero-order chi connectivity index (χ0) is 20.1. The van der Waals surface area contributed by atoms with Gasteiger partial charge in [0.25, 0.3) is 0 Å². The van der Waals surface area contributed by atoms with Crippen molar-refractivity contribution in [2.45, 2.75) is 32.8 Å². The van der Waals surface area contributed by atoms with Crippen molar-refractivity contribution in [1.29, 1.82) is 0 Å². The van der Waals surface area contributed by atoms with Gasteiger partial charge in [0.15, 0.2) is 0 Å². The zero-order valence-electron chi connectivity index (χ0n) is 17.9. The molecule has 1 heterocycles. The summed E-state index contributed by atoms with van der Waals surface area (Å²) in [4.78, 5) is 4.67. The third-order valence-corrected chi connectivity index (χ3v) is 5.58. The predicted molar refractivity (Wildman–Crippen MR) is 131 cm³/mol. The summed E-state index contributed by atoms with van der Waals surface area (Å²) in [5, 5.41) is 11.1. The molecule has 0 amide bonds. The van der Waals surface area contributed by atoms with Gasteiger partial charge in [0.2, 0.25) is 0 Å². The van der Waals surface area contributed by atoms with Crippen LogP contribution in [0, 0.1) is 6.92 Å². The van der Waals surface area contributed by atoms with Crippen LogP contribution in [0.4, 0.5) is 5.69 Å². The van der Waals surface area contributed by atoms with Crippen LogP contribution in [0.25, 0.3) is 0 Å². The first kappa shape index (κ1) is 26.9.